The number of carbonyl (C=O) groups is 1. The normalized spacial score (nSPS) is 10.2. The molecule has 0 aliphatic rings. The SMILES string of the molecule is CCOC(=O)c1cccc(N)c1Nc1ccc(F)cc1Br. The fourth-order valence-corrected chi connectivity index (χ4v) is 2.26. The van der Waals surface area contributed by atoms with Crippen molar-refractivity contribution in [2.75, 3.05) is 17.7 Å². The number of nitrogens with two attached hydrogens (primary N) is 1. The lowest BCUT2D eigenvalue weighted by Gasteiger charge is -2.15. The number of rotatable bonds is 4. The molecule has 2 aromatic carbocycles. The van der Waals surface area contributed by atoms with E-state index in [1.165, 1.54) is 12.1 Å². The first kappa shape index (κ1) is 15.3. The van der Waals surface area contributed by atoms with E-state index in [4.69, 9.17) is 10.5 Å². The Kier molecular flexibility index (Phi) is 4.80. The van der Waals surface area contributed by atoms with E-state index < -0.39 is 5.97 Å². The molecular formula is C15H14BrFN2O2. The van der Waals surface area contributed by atoms with Crippen molar-refractivity contribution in [1.29, 1.82) is 0 Å². The lowest BCUT2D eigenvalue weighted by Crippen LogP contribution is -2.09. The van der Waals surface area contributed by atoms with Crippen LogP contribution in [0.15, 0.2) is 40.9 Å². The van der Waals surface area contributed by atoms with Crippen molar-refractivity contribution in [3.63, 3.8) is 0 Å². The maximum Gasteiger partial charge on any atom is 0.340 e. The number of para-hydroxylation sites is 1. The number of anilines is 3. The third kappa shape index (κ3) is 3.52. The number of hydrogen-bond acceptors (Lipinski definition) is 4. The van der Waals surface area contributed by atoms with Crippen molar-refractivity contribution < 1.29 is 13.9 Å². The number of nitrogens with one attached hydrogen (secondary N) is 1. The topological polar surface area (TPSA) is 64.3 Å². The summed E-state index contributed by atoms with van der Waals surface area (Å²) in [5.74, 6) is -0.829. The van der Waals surface area contributed by atoms with Crippen molar-refractivity contribution in [3.8, 4) is 0 Å². The lowest BCUT2D eigenvalue weighted by molar-refractivity contribution is 0.0527. The van der Waals surface area contributed by atoms with Gasteiger partial charge in [-0.25, -0.2) is 9.18 Å². The Hall–Kier alpha value is -2.08. The van der Waals surface area contributed by atoms with Crippen molar-refractivity contribution in [2.24, 2.45) is 0 Å². The number of halogens is 2. The van der Waals surface area contributed by atoms with Gasteiger partial charge in [-0.05, 0) is 53.2 Å². The molecule has 0 bridgehead atoms. The molecule has 0 fully saturated rings. The predicted octanol–water partition coefficient (Wildman–Crippen LogP) is 4.09. The first-order valence-corrected chi connectivity index (χ1v) is 7.10. The molecule has 0 atom stereocenters. The van der Waals surface area contributed by atoms with Crippen molar-refractivity contribution in [2.45, 2.75) is 6.92 Å². The molecule has 2 rings (SSSR count). The Morgan fingerprint density at radius 3 is 2.81 bits per heavy atom. The number of esters is 1. The summed E-state index contributed by atoms with van der Waals surface area (Å²) in [5.41, 5.74) is 7.68. The second kappa shape index (κ2) is 6.58. The fourth-order valence-electron chi connectivity index (χ4n) is 1.81. The van der Waals surface area contributed by atoms with Crippen molar-refractivity contribution in [1.82, 2.24) is 0 Å². The molecule has 0 saturated carbocycles. The molecule has 0 heterocycles. The lowest BCUT2D eigenvalue weighted by atomic mass is 10.1. The minimum absolute atomic E-state index is 0.271. The largest absolute Gasteiger partial charge is 0.462 e. The highest BCUT2D eigenvalue weighted by Gasteiger charge is 2.15. The van der Waals surface area contributed by atoms with E-state index in [9.17, 15) is 9.18 Å². The number of ether oxygens (including phenoxy) is 1. The summed E-state index contributed by atoms with van der Waals surface area (Å²) in [4.78, 5) is 12.0. The van der Waals surface area contributed by atoms with Crippen LogP contribution < -0.4 is 11.1 Å². The number of hydrogen-bond donors (Lipinski definition) is 2. The summed E-state index contributed by atoms with van der Waals surface area (Å²) >= 11 is 3.26. The summed E-state index contributed by atoms with van der Waals surface area (Å²) < 4.78 is 18.6. The molecule has 0 aromatic heterocycles. The zero-order valence-corrected chi connectivity index (χ0v) is 12.9. The van der Waals surface area contributed by atoms with Gasteiger partial charge in [0.15, 0.2) is 0 Å². The van der Waals surface area contributed by atoms with Gasteiger partial charge in [0, 0.05) is 4.47 Å². The van der Waals surface area contributed by atoms with Crippen LogP contribution in [0.3, 0.4) is 0 Å². The minimum atomic E-state index is -0.467. The van der Waals surface area contributed by atoms with Crippen LogP contribution >= 0.6 is 15.9 Å². The molecule has 0 radical (unpaired) electrons. The van der Waals surface area contributed by atoms with Gasteiger partial charge in [0.05, 0.1) is 29.2 Å². The average molecular weight is 353 g/mol. The van der Waals surface area contributed by atoms with E-state index in [2.05, 4.69) is 21.2 Å². The Morgan fingerprint density at radius 2 is 2.14 bits per heavy atom. The summed E-state index contributed by atoms with van der Waals surface area (Å²) in [7, 11) is 0. The van der Waals surface area contributed by atoms with E-state index in [1.807, 2.05) is 0 Å². The third-order valence-corrected chi connectivity index (χ3v) is 3.44. The molecule has 110 valence electrons. The van der Waals surface area contributed by atoms with Gasteiger partial charge in [0.2, 0.25) is 0 Å². The van der Waals surface area contributed by atoms with Crippen LogP contribution in [0.4, 0.5) is 21.5 Å². The van der Waals surface area contributed by atoms with Gasteiger partial charge >= 0.3 is 5.97 Å². The molecule has 0 unspecified atom stereocenters. The summed E-state index contributed by atoms with van der Waals surface area (Å²) in [6, 6.07) is 9.16. The molecule has 0 saturated heterocycles. The quantitative estimate of drug-likeness (QED) is 0.642. The Balaban J connectivity index is 2.41. The summed E-state index contributed by atoms with van der Waals surface area (Å²) in [6.45, 7) is 2.00. The highest BCUT2D eigenvalue weighted by atomic mass is 79.9. The highest BCUT2D eigenvalue weighted by molar-refractivity contribution is 9.10. The Labute approximate surface area is 130 Å². The van der Waals surface area contributed by atoms with E-state index in [-0.39, 0.29) is 12.4 Å². The van der Waals surface area contributed by atoms with Crippen molar-refractivity contribution >= 4 is 39.0 Å². The zero-order valence-electron chi connectivity index (χ0n) is 11.3. The Morgan fingerprint density at radius 1 is 1.38 bits per heavy atom. The van der Waals surface area contributed by atoms with Crippen LogP contribution in [-0.2, 0) is 4.74 Å². The molecule has 0 aliphatic carbocycles. The van der Waals surface area contributed by atoms with Crippen LogP contribution in [0, 0.1) is 5.82 Å². The molecule has 3 N–H and O–H groups in total. The molecule has 6 heteroatoms. The van der Waals surface area contributed by atoms with E-state index >= 15 is 0 Å². The second-order valence-electron chi connectivity index (χ2n) is 4.24. The smallest absolute Gasteiger partial charge is 0.340 e. The minimum Gasteiger partial charge on any atom is -0.462 e. The average Bonchev–Trinajstić information content (AvgIpc) is 2.43. The van der Waals surface area contributed by atoms with Gasteiger partial charge < -0.3 is 15.8 Å². The van der Waals surface area contributed by atoms with Gasteiger partial charge in [-0.2, -0.15) is 0 Å². The number of nitrogen functional groups attached to an aromatic ring is 1. The Bertz CT molecular complexity index is 677. The van der Waals surface area contributed by atoms with Crippen LogP contribution in [-0.4, -0.2) is 12.6 Å². The third-order valence-electron chi connectivity index (χ3n) is 2.78. The molecule has 4 nitrogen and oxygen atoms in total. The summed E-state index contributed by atoms with van der Waals surface area (Å²) in [5, 5.41) is 3.04. The first-order valence-electron chi connectivity index (χ1n) is 6.30. The van der Waals surface area contributed by atoms with Crippen LogP contribution in [0.5, 0.6) is 0 Å². The monoisotopic (exact) mass is 352 g/mol. The van der Waals surface area contributed by atoms with E-state index in [0.29, 0.717) is 27.1 Å². The van der Waals surface area contributed by atoms with Crippen LogP contribution in [0.25, 0.3) is 0 Å². The van der Waals surface area contributed by atoms with Crippen molar-refractivity contribution in [3.05, 3.63) is 52.3 Å². The highest BCUT2D eigenvalue weighted by Crippen LogP contribution is 2.32. The van der Waals surface area contributed by atoms with Gasteiger partial charge in [-0.3, -0.25) is 0 Å². The number of carbonyl (C=O) groups excluding carboxylic acids is 1. The van der Waals surface area contributed by atoms with E-state index in [0.717, 1.165) is 0 Å². The molecule has 21 heavy (non-hydrogen) atoms. The van der Waals surface area contributed by atoms with Gasteiger partial charge in [0.1, 0.15) is 5.82 Å². The van der Waals surface area contributed by atoms with Gasteiger partial charge in [-0.1, -0.05) is 6.07 Å². The van der Waals surface area contributed by atoms with Gasteiger partial charge in [-0.15, -0.1) is 0 Å². The molecular weight excluding hydrogens is 339 g/mol. The number of benzene rings is 2. The van der Waals surface area contributed by atoms with Crippen LogP contribution in [0.2, 0.25) is 0 Å². The maximum absolute atomic E-state index is 13.1. The second-order valence-corrected chi connectivity index (χ2v) is 5.09. The molecule has 0 spiro atoms. The van der Waals surface area contributed by atoms with Gasteiger partial charge in [0.25, 0.3) is 0 Å². The molecule has 0 amide bonds. The van der Waals surface area contributed by atoms with Crippen LogP contribution in [0.1, 0.15) is 17.3 Å². The maximum atomic E-state index is 13.1. The molecule has 0 aliphatic heterocycles. The van der Waals surface area contributed by atoms with E-state index in [1.54, 1.807) is 31.2 Å². The summed E-state index contributed by atoms with van der Waals surface area (Å²) in [6.07, 6.45) is 0. The first-order chi connectivity index (χ1) is 10.0. The standard InChI is InChI=1S/C15H14BrFN2O2/c1-2-21-15(20)10-4-3-5-12(18)14(10)19-13-7-6-9(17)8-11(13)16/h3-8,19H,2,18H2,1H3. The fraction of sp³-hybridized carbons (Fsp3) is 0.133. The predicted molar refractivity (Wildman–Crippen MR) is 84.2 cm³/mol. The zero-order chi connectivity index (χ0) is 15.4. The molecule has 2 aromatic rings.